The van der Waals surface area contributed by atoms with Crippen LogP contribution in [0.5, 0.6) is 0 Å². The lowest BCUT2D eigenvalue weighted by atomic mass is 10.00. The van der Waals surface area contributed by atoms with Crippen LogP contribution in [0.15, 0.2) is 12.1 Å². The molecule has 0 saturated carbocycles. The zero-order chi connectivity index (χ0) is 15.1. The van der Waals surface area contributed by atoms with Crippen molar-refractivity contribution in [2.75, 3.05) is 18.9 Å². The molecule has 1 aromatic carbocycles. The van der Waals surface area contributed by atoms with Crippen LogP contribution in [-0.2, 0) is 0 Å². The quantitative estimate of drug-likeness (QED) is 0.676. The van der Waals surface area contributed by atoms with Crippen LogP contribution in [0.3, 0.4) is 0 Å². The fraction of sp³-hybridized carbons (Fsp3) is 0.500. The SMILES string of the molecule is CCCC(CCO)CNC(=O)c1cc(N)c(Cl)c(Cl)c1. The molecule has 112 valence electrons. The number of rotatable bonds is 7. The second-order valence-electron chi connectivity index (χ2n) is 4.74. The number of hydrogen-bond acceptors (Lipinski definition) is 3. The number of nitrogens with two attached hydrogens (primary N) is 1. The van der Waals surface area contributed by atoms with E-state index in [1.165, 1.54) is 12.1 Å². The molecular weight excluding hydrogens is 299 g/mol. The molecule has 1 atom stereocenters. The summed E-state index contributed by atoms with van der Waals surface area (Å²) in [6, 6.07) is 3.00. The highest BCUT2D eigenvalue weighted by molar-refractivity contribution is 6.43. The van der Waals surface area contributed by atoms with Crippen molar-refractivity contribution in [3.8, 4) is 0 Å². The first-order chi connectivity index (χ1) is 9.49. The van der Waals surface area contributed by atoms with Crippen molar-refractivity contribution >= 4 is 34.8 Å². The van der Waals surface area contributed by atoms with Crippen molar-refractivity contribution in [2.45, 2.75) is 26.2 Å². The van der Waals surface area contributed by atoms with Crippen molar-refractivity contribution in [1.29, 1.82) is 0 Å². The lowest BCUT2D eigenvalue weighted by Gasteiger charge is -2.16. The number of nitrogens with one attached hydrogen (secondary N) is 1. The third-order valence-corrected chi connectivity index (χ3v) is 3.92. The van der Waals surface area contributed by atoms with Gasteiger partial charge in [0.1, 0.15) is 0 Å². The first kappa shape index (κ1) is 17.1. The predicted octanol–water partition coefficient (Wildman–Crippen LogP) is 3.10. The number of aliphatic hydroxyl groups is 1. The smallest absolute Gasteiger partial charge is 0.251 e. The topological polar surface area (TPSA) is 75.3 Å². The standard InChI is InChI=1S/C14H20Cl2N2O2/c1-2-3-9(4-5-19)8-18-14(20)10-6-11(15)13(16)12(17)7-10/h6-7,9,19H,2-5,8,17H2,1H3,(H,18,20). The van der Waals surface area contributed by atoms with Gasteiger partial charge in [0, 0.05) is 18.7 Å². The Morgan fingerprint density at radius 1 is 1.40 bits per heavy atom. The summed E-state index contributed by atoms with van der Waals surface area (Å²) in [6.07, 6.45) is 2.66. The van der Waals surface area contributed by atoms with Gasteiger partial charge in [0.05, 0.1) is 15.7 Å². The van der Waals surface area contributed by atoms with Gasteiger partial charge in [0.15, 0.2) is 0 Å². The van der Waals surface area contributed by atoms with Crippen LogP contribution in [-0.4, -0.2) is 24.2 Å². The summed E-state index contributed by atoms with van der Waals surface area (Å²) in [5.41, 5.74) is 6.35. The lowest BCUT2D eigenvalue weighted by Crippen LogP contribution is -2.29. The van der Waals surface area contributed by atoms with Gasteiger partial charge in [-0.25, -0.2) is 0 Å². The van der Waals surface area contributed by atoms with E-state index in [0.717, 1.165) is 12.8 Å². The van der Waals surface area contributed by atoms with E-state index >= 15 is 0 Å². The minimum absolute atomic E-state index is 0.125. The molecule has 4 nitrogen and oxygen atoms in total. The number of anilines is 1. The molecule has 4 N–H and O–H groups in total. The largest absolute Gasteiger partial charge is 0.397 e. The van der Waals surface area contributed by atoms with Crippen molar-refractivity contribution in [3.63, 3.8) is 0 Å². The predicted molar refractivity (Wildman–Crippen MR) is 83.3 cm³/mol. The maximum absolute atomic E-state index is 12.0. The number of amides is 1. The van der Waals surface area contributed by atoms with E-state index in [1.54, 1.807) is 0 Å². The van der Waals surface area contributed by atoms with E-state index in [4.69, 9.17) is 34.0 Å². The normalized spacial score (nSPS) is 12.2. The molecule has 0 spiro atoms. The maximum atomic E-state index is 12.0. The summed E-state index contributed by atoms with van der Waals surface area (Å²) in [5.74, 6) is 0.0309. The molecule has 0 aliphatic heterocycles. The highest BCUT2D eigenvalue weighted by Crippen LogP contribution is 2.29. The molecular formula is C14H20Cl2N2O2. The van der Waals surface area contributed by atoms with Gasteiger partial charge >= 0.3 is 0 Å². The molecule has 0 fully saturated rings. The molecule has 0 bridgehead atoms. The Morgan fingerprint density at radius 3 is 2.65 bits per heavy atom. The molecule has 0 aromatic heterocycles. The Morgan fingerprint density at radius 2 is 2.10 bits per heavy atom. The molecule has 1 unspecified atom stereocenters. The molecule has 1 amide bonds. The Hall–Kier alpha value is -0.970. The van der Waals surface area contributed by atoms with E-state index in [2.05, 4.69) is 12.2 Å². The Balaban J connectivity index is 2.66. The summed E-state index contributed by atoms with van der Waals surface area (Å²) >= 11 is 11.7. The summed E-state index contributed by atoms with van der Waals surface area (Å²) in [7, 11) is 0. The molecule has 1 aromatic rings. The molecule has 0 aliphatic rings. The average Bonchev–Trinajstić information content (AvgIpc) is 2.41. The highest BCUT2D eigenvalue weighted by Gasteiger charge is 2.13. The number of aliphatic hydroxyl groups excluding tert-OH is 1. The highest BCUT2D eigenvalue weighted by atomic mass is 35.5. The van der Waals surface area contributed by atoms with E-state index in [9.17, 15) is 4.79 Å². The van der Waals surface area contributed by atoms with Gasteiger partial charge in [-0.2, -0.15) is 0 Å². The van der Waals surface area contributed by atoms with Crippen LogP contribution in [0.25, 0.3) is 0 Å². The first-order valence-corrected chi connectivity index (χ1v) is 7.38. The van der Waals surface area contributed by atoms with Gasteiger partial charge in [0.25, 0.3) is 5.91 Å². The molecule has 1 rings (SSSR count). The number of carbonyl (C=O) groups excluding carboxylic acids is 1. The number of benzene rings is 1. The van der Waals surface area contributed by atoms with Crippen LogP contribution in [0.4, 0.5) is 5.69 Å². The van der Waals surface area contributed by atoms with Crippen LogP contribution in [0.1, 0.15) is 36.5 Å². The van der Waals surface area contributed by atoms with E-state index in [1.807, 2.05) is 0 Å². The van der Waals surface area contributed by atoms with Crippen molar-refractivity contribution in [3.05, 3.63) is 27.7 Å². The van der Waals surface area contributed by atoms with Gasteiger partial charge in [-0.05, 0) is 30.9 Å². The fourth-order valence-electron chi connectivity index (χ4n) is 2.02. The van der Waals surface area contributed by atoms with E-state index < -0.39 is 0 Å². The number of hydrogen-bond donors (Lipinski definition) is 3. The lowest BCUT2D eigenvalue weighted by molar-refractivity contribution is 0.0943. The van der Waals surface area contributed by atoms with Crippen LogP contribution in [0.2, 0.25) is 10.0 Å². The fourth-order valence-corrected chi connectivity index (χ4v) is 2.36. The van der Waals surface area contributed by atoms with Gasteiger partial charge in [-0.3, -0.25) is 4.79 Å². The Labute approximate surface area is 129 Å². The minimum Gasteiger partial charge on any atom is -0.397 e. The third kappa shape index (κ3) is 4.85. The summed E-state index contributed by atoms with van der Waals surface area (Å²) in [4.78, 5) is 12.0. The molecule has 6 heteroatoms. The molecule has 0 aliphatic carbocycles. The molecule has 0 saturated heterocycles. The number of carbonyl (C=O) groups is 1. The Bertz CT molecular complexity index is 437. The van der Waals surface area contributed by atoms with Crippen LogP contribution in [0, 0.1) is 5.92 Å². The van der Waals surface area contributed by atoms with E-state index in [0.29, 0.717) is 18.5 Å². The second kappa shape index (κ2) is 8.35. The molecule has 20 heavy (non-hydrogen) atoms. The molecule has 0 radical (unpaired) electrons. The van der Waals surface area contributed by atoms with E-state index in [-0.39, 0.29) is 34.2 Å². The van der Waals surface area contributed by atoms with Crippen LogP contribution >= 0.6 is 23.2 Å². The zero-order valence-corrected chi connectivity index (χ0v) is 13.0. The van der Waals surface area contributed by atoms with Crippen molar-refractivity contribution in [2.24, 2.45) is 5.92 Å². The van der Waals surface area contributed by atoms with Gasteiger partial charge in [0.2, 0.25) is 0 Å². The maximum Gasteiger partial charge on any atom is 0.251 e. The van der Waals surface area contributed by atoms with Crippen molar-refractivity contribution in [1.82, 2.24) is 5.32 Å². The van der Waals surface area contributed by atoms with Crippen molar-refractivity contribution < 1.29 is 9.90 Å². The first-order valence-electron chi connectivity index (χ1n) is 6.63. The summed E-state index contributed by atoms with van der Waals surface area (Å²) < 4.78 is 0. The average molecular weight is 319 g/mol. The third-order valence-electron chi connectivity index (χ3n) is 3.10. The van der Waals surface area contributed by atoms with Crippen LogP contribution < -0.4 is 11.1 Å². The minimum atomic E-state index is -0.241. The van der Waals surface area contributed by atoms with Gasteiger partial charge < -0.3 is 16.2 Å². The van der Waals surface area contributed by atoms with Gasteiger partial charge in [-0.15, -0.1) is 0 Å². The molecule has 0 heterocycles. The number of nitrogen functional groups attached to an aromatic ring is 1. The van der Waals surface area contributed by atoms with Gasteiger partial charge in [-0.1, -0.05) is 36.5 Å². The zero-order valence-electron chi connectivity index (χ0n) is 11.5. The Kier molecular flexibility index (Phi) is 7.13. The summed E-state index contributed by atoms with van der Waals surface area (Å²) in [5, 5.41) is 12.3. The monoisotopic (exact) mass is 318 g/mol. The summed E-state index contributed by atoms with van der Waals surface area (Å²) in [6.45, 7) is 2.72. The number of halogens is 2. The second-order valence-corrected chi connectivity index (χ2v) is 5.52.